The lowest BCUT2D eigenvalue weighted by Gasteiger charge is -2.08. The van der Waals surface area contributed by atoms with Crippen molar-refractivity contribution in [1.82, 2.24) is 9.97 Å². The maximum atomic E-state index is 13.1. The van der Waals surface area contributed by atoms with Crippen LogP contribution < -0.4 is 16.6 Å². The standard InChI is InChI=1S/C11H11BrFN5/c1-6-4-10(17-11(15-6)18-14)16-7-2-3-9(13)8(12)5-7/h2-5H,14H2,1H3,(H2,15,16,17,18). The highest BCUT2D eigenvalue weighted by Gasteiger charge is 2.04. The lowest BCUT2D eigenvalue weighted by Crippen LogP contribution is -2.11. The van der Waals surface area contributed by atoms with Crippen LogP contribution >= 0.6 is 15.9 Å². The Kier molecular flexibility index (Phi) is 3.73. The second-order valence-corrected chi connectivity index (χ2v) is 4.47. The van der Waals surface area contributed by atoms with Gasteiger partial charge in [0.2, 0.25) is 5.95 Å². The molecule has 18 heavy (non-hydrogen) atoms. The highest BCUT2D eigenvalue weighted by Crippen LogP contribution is 2.22. The molecular weight excluding hydrogens is 301 g/mol. The predicted molar refractivity (Wildman–Crippen MR) is 72.0 cm³/mol. The molecule has 4 N–H and O–H groups in total. The molecule has 1 aromatic heterocycles. The van der Waals surface area contributed by atoms with Gasteiger partial charge in [-0.25, -0.2) is 15.2 Å². The number of nitrogens with one attached hydrogen (secondary N) is 2. The van der Waals surface area contributed by atoms with E-state index in [1.54, 1.807) is 18.2 Å². The van der Waals surface area contributed by atoms with Crippen LogP contribution in [0.5, 0.6) is 0 Å². The zero-order valence-electron chi connectivity index (χ0n) is 9.54. The molecule has 0 aliphatic carbocycles. The number of nitrogens with two attached hydrogens (primary N) is 1. The summed E-state index contributed by atoms with van der Waals surface area (Å²) in [5, 5.41) is 3.04. The first kappa shape index (κ1) is 12.7. The van der Waals surface area contributed by atoms with E-state index in [1.165, 1.54) is 6.07 Å². The molecule has 0 aliphatic rings. The summed E-state index contributed by atoms with van der Waals surface area (Å²) in [6, 6.07) is 6.37. The Morgan fingerprint density at radius 3 is 2.72 bits per heavy atom. The number of aryl methyl sites for hydroxylation is 1. The predicted octanol–water partition coefficient (Wildman–Crippen LogP) is 2.72. The summed E-state index contributed by atoms with van der Waals surface area (Å²) in [5.74, 6) is 5.85. The largest absolute Gasteiger partial charge is 0.340 e. The summed E-state index contributed by atoms with van der Waals surface area (Å²) in [4.78, 5) is 8.20. The number of nitrogen functional groups attached to an aromatic ring is 1. The number of halogens is 2. The summed E-state index contributed by atoms with van der Waals surface area (Å²) in [5.41, 5.74) is 3.86. The molecular formula is C11H11BrFN5. The van der Waals surface area contributed by atoms with Crippen molar-refractivity contribution in [1.29, 1.82) is 0 Å². The summed E-state index contributed by atoms with van der Waals surface area (Å²) >= 11 is 3.12. The van der Waals surface area contributed by atoms with Crippen molar-refractivity contribution in [2.24, 2.45) is 5.84 Å². The molecule has 0 amide bonds. The average Bonchev–Trinajstić information content (AvgIpc) is 2.33. The van der Waals surface area contributed by atoms with Crippen LogP contribution in [-0.2, 0) is 0 Å². The highest BCUT2D eigenvalue weighted by atomic mass is 79.9. The van der Waals surface area contributed by atoms with Crippen LogP contribution in [-0.4, -0.2) is 9.97 Å². The molecule has 0 saturated carbocycles. The van der Waals surface area contributed by atoms with Crippen LogP contribution in [0.4, 0.5) is 21.8 Å². The fraction of sp³-hybridized carbons (Fsp3) is 0.0909. The van der Waals surface area contributed by atoms with Crippen molar-refractivity contribution in [2.75, 3.05) is 10.7 Å². The molecule has 2 rings (SSSR count). The van der Waals surface area contributed by atoms with E-state index in [-0.39, 0.29) is 5.82 Å². The zero-order chi connectivity index (χ0) is 13.1. The number of aromatic nitrogens is 2. The minimum Gasteiger partial charge on any atom is -0.340 e. The van der Waals surface area contributed by atoms with Crippen molar-refractivity contribution in [3.63, 3.8) is 0 Å². The van der Waals surface area contributed by atoms with Gasteiger partial charge in [-0.15, -0.1) is 0 Å². The molecule has 0 bridgehead atoms. The number of benzene rings is 1. The molecule has 0 saturated heterocycles. The number of hydrogen-bond donors (Lipinski definition) is 3. The molecule has 1 heterocycles. The van der Waals surface area contributed by atoms with Crippen molar-refractivity contribution >= 4 is 33.4 Å². The van der Waals surface area contributed by atoms with E-state index in [0.717, 1.165) is 5.69 Å². The Morgan fingerprint density at radius 2 is 2.06 bits per heavy atom. The van der Waals surface area contributed by atoms with Crippen LogP contribution in [0, 0.1) is 12.7 Å². The van der Waals surface area contributed by atoms with Crippen LogP contribution in [0.25, 0.3) is 0 Å². The minimum absolute atomic E-state index is 0.316. The van der Waals surface area contributed by atoms with E-state index < -0.39 is 0 Å². The van der Waals surface area contributed by atoms with Gasteiger partial charge in [-0.2, -0.15) is 4.98 Å². The van der Waals surface area contributed by atoms with Crippen LogP contribution in [0.15, 0.2) is 28.7 Å². The lowest BCUT2D eigenvalue weighted by molar-refractivity contribution is 0.621. The molecule has 0 atom stereocenters. The smallest absolute Gasteiger partial charge is 0.239 e. The van der Waals surface area contributed by atoms with Crippen molar-refractivity contribution in [2.45, 2.75) is 6.92 Å². The number of anilines is 3. The topological polar surface area (TPSA) is 75.9 Å². The second kappa shape index (κ2) is 5.28. The van der Waals surface area contributed by atoms with Gasteiger partial charge in [-0.3, -0.25) is 5.43 Å². The van der Waals surface area contributed by atoms with Crippen molar-refractivity contribution in [3.8, 4) is 0 Å². The summed E-state index contributed by atoms with van der Waals surface area (Å²) in [7, 11) is 0. The van der Waals surface area contributed by atoms with Gasteiger partial charge in [-0.1, -0.05) is 0 Å². The maximum Gasteiger partial charge on any atom is 0.239 e. The average molecular weight is 312 g/mol. The first-order valence-electron chi connectivity index (χ1n) is 5.13. The van der Waals surface area contributed by atoms with Gasteiger partial charge < -0.3 is 5.32 Å². The van der Waals surface area contributed by atoms with Crippen molar-refractivity contribution in [3.05, 3.63) is 40.2 Å². The number of hydrazine groups is 1. The van der Waals surface area contributed by atoms with Gasteiger partial charge in [0.1, 0.15) is 11.6 Å². The first-order chi connectivity index (χ1) is 8.58. The Hall–Kier alpha value is -1.73. The Balaban J connectivity index is 2.27. The van der Waals surface area contributed by atoms with E-state index in [2.05, 4.69) is 36.6 Å². The first-order valence-corrected chi connectivity index (χ1v) is 5.92. The third-order valence-electron chi connectivity index (χ3n) is 2.18. The van der Waals surface area contributed by atoms with Crippen LogP contribution in [0.1, 0.15) is 5.69 Å². The Bertz CT molecular complexity index is 575. The SMILES string of the molecule is Cc1cc(Nc2ccc(F)c(Br)c2)nc(NN)n1. The number of rotatable bonds is 3. The molecule has 0 fully saturated rings. The van der Waals surface area contributed by atoms with Gasteiger partial charge in [-0.05, 0) is 41.1 Å². The number of nitrogens with zero attached hydrogens (tertiary/aromatic N) is 2. The fourth-order valence-corrected chi connectivity index (χ4v) is 1.80. The third kappa shape index (κ3) is 2.93. The van der Waals surface area contributed by atoms with Gasteiger partial charge in [0.15, 0.2) is 0 Å². The molecule has 0 radical (unpaired) electrons. The third-order valence-corrected chi connectivity index (χ3v) is 2.78. The molecule has 1 aromatic carbocycles. The van der Waals surface area contributed by atoms with E-state index >= 15 is 0 Å². The molecule has 5 nitrogen and oxygen atoms in total. The number of hydrogen-bond acceptors (Lipinski definition) is 5. The van der Waals surface area contributed by atoms with E-state index in [0.29, 0.717) is 21.9 Å². The van der Waals surface area contributed by atoms with E-state index in [9.17, 15) is 4.39 Å². The normalized spacial score (nSPS) is 10.2. The quantitative estimate of drug-likeness (QED) is 0.600. The fourth-order valence-electron chi connectivity index (χ4n) is 1.42. The van der Waals surface area contributed by atoms with Gasteiger partial charge in [0.05, 0.1) is 4.47 Å². The van der Waals surface area contributed by atoms with Gasteiger partial charge >= 0.3 is 0 Å². The van der Waals surface area contributed by atoms with Crippen molar-refractivity contribution < 1.29 is 4.39 Å². The van der Waals surface area contributed by atoms with Crippen LogP contribution in [0.2, 0.25) is 0 Å². The Morgan fingerprint density at radius 1 is 1.28 bits per heavy atom. The Labute approximate surface area is 112 Å². The van der Waals surface area contributed by atoms with Gasteiger partial charge in [0.25, 0.3) is 0 Å². The molecule has 7 heteroatoms. The molecule has 0 spiro atoms. The maximum absolute atomic E-state index is 13.1. The van der Waals surface area contributed by atoms with E-state index in [4.69, 9.17) is 5.84 Å². The summed E-state index contributed by atoms with van der Waals surface area (Å²) in [6.07, 6.45) is 0. The zero-order valence-corrected chi connectivity index (χ0v) is 11.1. The highest BCUT2D eigenvalue weighted by molar-refractivity contribution is 9.10. The minimum atomic E-state index is -0.316. The van der Waals surface area contributed by atoms with Crippen LogP contribution in [0.3, 0.4) is 0 Å². The van der Waals surface area contributed by atoms with Gasteiger partial charge in [0, 0.05) is 17.4 Å². The summed E-state index contributed by atoms with van der Waals surface area (Å²) < 4.78 is 13.5. The molecule has 0 unspecified atom stereocenters. The monoisotopic (exact) mass is 311 g/mol. The lowest BCUT2D eigenvalue weighted by atomic mass is 10.3. The summed E-state index contributed by atoms with van der Waals surface area (Å²) in [6.45, 7) is 1.83. The molecule has 2 aromatic rings. The second-order valence-electron chi connectivity index (χ2n) is 3.62. The molecule has 94 valence electrons. The van der Waals surface area contributed by atoms with E-state index in [1.807, 2.05) is 6.92 Å². The molecule has 0 aliphatic heterocycles.